The Bertz CT molecular complexity index is 194. The van der Waals surface area contributed by atoms with Gasteiger partial charge in [-0.2, -0.15) is 0 Å². The molecule has 2 fully saturated rings. The van der Waals surface area contributed by atoms with Gasteiger partial charge in [0.25, 0.3) is 0 Å². The summed E-state index contributed by atoms with van der Waals surface area (Å²) in [5.74, 6) is 0.863. The number of hydrogen-bond acceptors (Lipinski definition) is 2. The van der Waals surface area contributed by atoms with Gasteiger partial charge in [0.05, 0.1) is 19.3 Å². The summed E-state index contributed by atoms with van der Waals surface area (Å²) in [5.41, 5.74) is 0. The highest BCUT2D eigenvalue weighted by molar-refractivity contribution is 9.09. The number of alkyl halides is 1. The van der Waals surface area contributed by atoms with Crippen LogP contribution in [-0.2, 0) is 9.47 Å². The number of hydrogen-bond donors (Lipinski definition) is 0. The molecule has 2 nitrogen and oxygen atoms in total. The van der Waals surface area contributed by atoms with Gasteiger partial charge in [-0.05, 0) is 31.6 Å². The highest BCUT2D eigenvalue weighted by Gasteiger charge is 2.22. The fourth-order valence-electron chi connectivity index (χ4n) is 2.21. The van der Waals surface area contributed by atoms with Crippen molar-refractivity contribution in [3.63, 3.8) is 0 Å². The Hall–Kier alpha value is 0.400. The van der Waals surface area contributed by atoms with Crippen LogP contribution in [-0.4, -0.2) is 30.8 Å². The van der Waals surface area contributed by atoms with E-state index in [0.717, 1.165) is 25.7 Å². The summed E-state index contributed by atoms with van der Waals surface area (Å²) in [7, 11) is 0. The van der Waals surface area contributed by atoms with Crippen LogP contribution in [0.15, 0.2) is 0 Å². The molecule has 0 saturated heterocycles. The lowest BCUT2D eigenvalue weighted by Gasteiger charge is -2.20. The topological polar surface area (TPSA) is 18.5 Å². The molecule has 0 aromatic rings. The summed E-state index contributed by atoms with van der Waals surface area (Å²) in [4.78, 5) is 0.554. The Kier molecular flexibility index (Phi) is 5.60. The predicted octanol–water partition coefficient (Wildman–Crippen LogP) is 3.53. The number of rotatable bonds is 6. The van der Waals surface area contributed by atoms with Crippen molar-refractivity contribution < 1.29 is 9.47 Å². The summed E-state index contributed by atoms with van der Waals surface area (Å²) in [6.45, 7) is 2.48. The lowest BCUT2D eigenvalue weighted by molar-refractivity contribution is 0.0000977. The molecule has 2 unspecified atom stereocenters. The lowest BCUT2D eigenvalue weighted by atomic mass is 10.1. The Morgan fingerprint density at radius 2 is 1.75 bits per heavy atom. The molecule has 3 heteroatoms. The SMILES string of the molecule is BrC1CCCCCC1OCCOCC1CC1. The van der Waals surface area contributed by atoms with E-state index in [2.05, 4.69) is 15.9 Å². The van der Waals surface area contributed by atoms with Crippen LogP contribution in [0.25, 0.3) is 0 Å². The van der Waals surface area contributed by atoms with Crippen LogP contribution in [0.1, 0.15) is 44.9 Å². The highest BCUT2D eigenvalue weighted by Crippen LogP contribution is 2.29. The predicted molar refractivity (Wildman–Crippen MR) is 69.1 cm³/mol. The molecule has 0 N–H and O–H groups in total. The van der Waals surface area contributed by atoms with Gasteiger partial charge in [0.15, 0.2) is 0 Å². The molecule has 2 aliphatic rings. The van der Waals surface area contributed by atoms with Gasteiger partial charge < -0.3 is 9.47 Å². The Morgan fingerprint density at radius 3 is 2.56 bits per heavy atom. The minimum Gasteiger partial charge on any atom is -0.379 e. The lowest BCUT2D eigenvalue weighted by Crippen LogP contribution is -2.24. The van der Waals surface area contributed by atoms with E-state index in [4.69, 9.17) is 9.47 Å². The summed E-state index contributed by atoms with van der Waals surface area (Å²) >= 11 is 3.74. The zero-order chi connectivity index (χ0) is 11.2. The average molecular weight is 291 g/mol. The normalized spacial score (nSPS) is 31.3. The maximum atomic E-state index is 5.91. The Labute approximate surface area is 107 Å². The van der Waals surface area contributed by atoms with Gasteiger partial charge in [0.2, 0.25) is 0 Å². The van der Waals surface area contributed by atoms with E-state index in [0.29, 0.717) is 10.9 Å². The third-order valence-corrected chi connectivity index (χ3v) is 4.53. The second kappa shape index (κ2) is 6.97. The van der Waals surface area contributed by atoms with Gasteiger partial charge in [-0.25, -0.2) is 0 Å². The average Bonchev–Trinajstić information content (AvgIpc) is 3.08. The van der Waals surface area contributed by atoms with Crippen LogP contribution in [0.5, 0.6) is 0 Å². The smallest absolute Gasteiger partial charge is 0.0704 e. The first-order chi connectivity index (χ1) is 7.86. The van der Waals surface area contributed by atoms with Gasteiger partial charge in [-0.1, -0.05) is 35.2 Å². The van der Waals surface area contributed by atoms with Crippen molar-refractivity contribution in [2.75, 3.05) is 19.8 Å². The van der Waals surface area contributed by atoms with Crippen LogP contribution >= 0.6 is 15.9 Å². The maximum Gasteiger partial charge on any atom is 0.0704 e. The van der Waals surface area contributed by atoms with Gasteiger partial charge in [0.1, 0.15) is 0 Å². The van der Waals surface area contributed by atoms with E-state index in [-0.39, 0.29) is 0 Å². The molecular weight excluding hydrogens is 268 g/mol. The van der Waals surface area contributed by atoms with Gasteiger partial charge in [-0.15, -0.1) is 0 Å². The number of halogens is 1. The molecule has 0 aromatic heterocycles. The van der Waals surface area contributed by atoms with E-state index in [1.54, 1.807) is 0 Å². The van der Waals surface area contributed by atoms with Gasteiger partial charge >= 0.3 is 0 Å². The van der Waals surface area contributed by atoms with Crippen LogP contribution in [0.4, 0.5) is 0 Å². The largest absolute Gasteiger partial charge is 0.379 e. The van der Waals surface area contributed by atoms with Gasteiger partial charge in [-0.3, -0.25) is 0 Å². The van der Waals surface area contributed by atoms with Crippen LogP contribution < -0.4 is 0 Å². The van der Waals surface area contributed by atoms with Crippen molar-refractivity contribution in [2.45, 2.75) is 55.9 Å². The van der Waals surface area contributed by atoms with E-state index in [1.165, 1.54) is 44.9 Å². The molecule has 16 heavy (non-hydrogen) atoms. The molecule has 0 heterocycles. The monoisotopic (exact) mass is 290 g/mol. The molecule has 0 bridgehead atoms. The standard InChI is InChI=1S/C13H23BrO2/c14-12-4-2-1-3-5-13(12)16-9-8-15-10-11-6-7-11/h11-13H,1-10H2. The van der Waals surface area contributed by atoms with Crippen molar-refractivity contribution in [3.05, 3.63) is 0 Å². The minimum absolute atomic E-state index is 0.409. The summed E-state index contributed by atoms with van der Waals surface area (Å²) in [6.07, 6.45) is 9.63. The maximum absolute atomic E-state index is 5.91. The van der Waals surface area contributed by atoms with Crippen molar-refractivity contribution in [1.29, 1.82) is 0 Å². The summed E-state index contributed by atoms with van der Waals surface area (Å²) in [5, 5.41) is 0. The van der Waals surface area contributed by atoms with Crippen molar-refractivity contribution in [1.82, 2.24) is 0 Å². The molecule has 2 atom stereocenters. The first-order valence-electron chi connectivity index (χ1n) is 6.69. The van der Waals surface area contributed by atoms with Crippen molar-refractivity contribution in [2.24, 2.45) is 5.92 Å². The molecule has 0 radical (unpaired) electrons. The second-order valence-corrected chi connectivity index (χ2v) is 6.26. The molecule has 0 aliphatic heterocycles. The molecule has 2 saturated carbocycles. The zero-order valence-corrected chi connectivity index (χ0v) is 11.6. The molecule has 2 aliphatic carbocycles. The van der Waals surface area contributed by atoms with Crippen molar-refractivity contribution in [3.8, 4) is 0 Å². The second-order valence-electron chi connectivity index (χ2n) is 5.08. The van der Waals surface area contributed by atoms with Crippen LogP contribution in [0.2, 0.25) is 0 Å². The van der Waals surface area contributed by atoms with E-state index >= 15 is 0 Å². The first-order valence-corrected chi connectivity index (χ1v) is 7.61. The molecular formula is C13H23BrO2. The van der Waals surface area contributed by atoms with Crippen LogP contribution in [0.3, 0.4) is 0 Å². The quantitative estimate of drug-likeness (QED) is 0.423. The molecule has 0 amide bonds. The Morgan fingerprint density at radius 1 is 0.938 bits per heavy atom. The summed E-state index contributed by atoms with van der Waals surface area (Å²) in [6, 6.07) is 0. The summed E-state index contributed by atoms with van der Waals surface area (Å²) < 4.78 is 11.5. The van der Waals surface area contributed by atoms with E-state index in [1.807, 2.05) is 0 Å². The first kappa shape index (κ1) is 12.8. The third kappa shape index (κ3) is 4.72. The molecule has 0 spiro atoms. The highest BCUT2D eigenvalue weighted by atomic mass is 79.9. The van der Waals surface area contributed by atoms with Gasteiger partial charge in [0, 0.05) is 11.4 Å². The zero-order valence-electron chi connectivity index (χ0n) is 10.00. The van der Waals surface area contributed by atoms with E-state index < -0.39 is 0 Å². The molecule has 0 aromatic carbocycles. The third-order valence-electron chi connectivity index (χ3n) is 3.48. The fraction of sp³-hybridized carbons (Fsp3) is 1.00. The minimum atomic E-state index is 0.409. The molecule has 2 rings (SSSR count). The fourth-order valence-corrected chi connectivity index (χ4v) is 2.95. The van der Waals surface area contributed by atoms with E-state index in [9.17, 15) is 0 Å². The number of ether oxygens (including phenoxy) is 2. The van der Waals surface area contributed by atoms with Crippen molar-refractivity contribution >= 4 is 15.9 Å². The molecule has 94 valence electrons. The van der Waals surface area contributed by atoms with Crippen LogP contribution in [0, 0.1) is 5.92 Å². The Balaban J connectivity index is 1.52.